The summed E-state index contributed by atoms with van der Waals surface area (Å²) in [6.45, 7) is 1.98. The van der Waals surface area contributed by atoms with E-state index in [-0.39, 0.29) is 0 Å². The number of carbonyl (C=O) groups excluding carboxylic acids is 1. The van der Waals surface area contributed by atoms with Crippen LogP contribution in [0, 0.1) is 6.92 Å². The number of nitrogens with zero attached hydrogens (tertiary/aromatic N) is 1. The number of hydrogen-bond acceptors (Lipinski definition) is 3. The molecule has 0 saturated carbocycles. The van der Waals surface area contributed by atoms with Gasteiger partial charge in [-0.3, -0.25) is 0 Å². The van der Waals surface area contributed by atoms with Crippen molar-refractivity contribution in [3.05, 3.63) is 75.9 Å². The van der Waals surface area contributed by atoms with Crippen LogP contribution in [0.1, 0.15) is 16.7 Å². The first-order valence-corrected chi connectivity index (χ1v) is 6.85. The molecule has 0 radical (unpaired) electrons. The molecule has 2 aromatic carbocycles. The summed E-state index contributed by atoms with van der Waals surface area (Å²) in [4.78, 5) is 16.2. The molecule has 1 heterocycles. The molecule has 3 rings (SSSR count). The molecule has 0 atom stereocenters. The van der Waals surface area contributed by atoms with E-state index in [2.05, 4.69) is 4.99 Å². The number of aliphatic imine (C=N–C) groups is 1. The van der Waals surface area contributed by atoms with Gasteiger partial charge in [-0.05, 0) is 48.4 Å². The first-order chi connectivity index (χ1) is 10.1. The first kappa shape index (κ1) is 13.6. The van der Waals surface area contributed by atoms with Crippen LogP contribution < -0.4 is 0 Å². The van der Waals surface area contributed by atoms with Crippen molar-refractivity contribution >= 4 is 29.5 Å². The monoisotopic (exact) mass is 297 g/mol. The van der Waals surface area contributed by atoms with E-state index >= 15 is 0 Å². The molecule has 0 N–H and O–H groups in total. The molecule has 0 bridgehead atoms. The quantitative estimate of drug-likeness (QED) is 0.621. The van der Waals surface area contributed by atoms with E-state index in [1.807, 2.05) is 31.2 Å². The van der Waals surface area contributed by atoms with Gasteiger partial charge in [-0.2, -0.15) is 0 Å². The van der Waals surface area contributed by atoms with Crippen molar-refractivity contribution in [1.82, 2.24) is 0 Å². The average Bonchev–Trinajstić information content (AvgIpc) is 2.83. The zero-order valence-electron chi connectivity index (χ0n) is 11.3. The van der Waals surface area contributed by atoms with Crippen LogP contribution in [-0.2, 0) is 9.53 Å². The Morgan fingerprint density at radius 1 is 1.10 bits per heavy atom. The fourth-order valence-corrected chi connectivity index (χ4v) is 2.15. The van der Waals surface area contributed by atoms with Crippen molar-refractivity contribution in [3.8, 4) is 0 Å². The van der Waals surface area contributed by atoms with Gasteiger partial charge < -0.3 is 4.74 Å². The minimum atomic E-state index is -0.441. The smallest absolute Gasteiger partial charge is 0.363 e. The molecule has 3 nitrogen and oxygen atoms in total. The van der Waals surface area contributed by atoms with Crippen LogP contribution in [-0.4, -0.2) is 11.9 Å². The summed E-state index contributed by atoms with van der Waals surface area (Å²) < 4.78 is 5.21. The molecule has 21 heavy (non-hydrogen) atoms. The Balaban J connectivity index is 1.96. The van der Waals surface area contributed by atoms with Crippen LogP contribution in [0.15, 0.2) is 59.2 Å². The molecule has 0 saturated heterocycles. The molecule has 104 valence electrons. The Labute approximate surface area is 127 Å². The number of ether oxygens (including phenoxy) is 1. The van der Waals surface area contributed by atoms with Crippen molar-refractivity contribution in [2.75, 3.05) is 0 Å². The highest BCUT2D eigenvalue weighted by atomic mass is 35.5. The third-order valence-corrected chi connectivity index (χ3v) is 3.44. The summed E-state index contributed by atoms with van der Waals surface area (Å²) in [7, 11) is 0. The maximum Gasteiger partial charge on any atom is 0.363 e. The molecule has 1 aliphatic rings. The lowest BCUT2D eigenvalue weighted by molar-refractivity contribution is -0.129. The van der Waals surface area contributed by atoms with E-state index in [9.17, 15) is 4.79 Å². The van der Waals surface area contributed by atoms with Gasteiger partial charge in [-0.25, -0.2) is 9.79 Å². The highest BCUT2D eigenvalue weighted by molar-refractivity contribution is 6.30. The minimum absolute atomic E-state index is 0.300. The van der Waals surface area contributed by atoms with Crippen molar-refractivity contribution in [1.29, 1.82) is 0 Å². The van der Waals surface area contributed by atoms with Gasteiger partial charge >= 0.3 is 5.97 Å². The van der Waals surface area contributed by atoms with E-state index in [0.29, 0.717) is 16.6 Å². The van der Waals surface area contributed by atoms with Gasteiger partial charge in [0.15, 0.2) is 5.70 Å². The predicted octanol–water partition coefficient (Wildman–Crippen LogP) is 3.99. The van der Waals surface area contributed by atoms with E-state index in [1.54, 1.807) is 30.3 Å². The Bertz CT molecular complexity index is 761. The summed E-state index contributed by atoms with van der Waals surface area (Å²) in [5.41, 5.74) is 3.05. The normalized spacial score (nSPS) is 16.0. The van der Waals surface area contributed by atoms with Crippen LogP contribution >= 0.6 is 11.6 Å². The Morgan fingerprint density at radius 2 is 1.81 bits per heavy atom. The van der Waals surface area contributed by atoms with Crippen molar-refractivity contribution in [3.63, 3.8) is 0 Å². The molecule has 0 amide bonds. The number of hydrogen-bond donors (Lipinski definition) is 0. The number of rotatable bonds is 2. The molecule has 1 aliphatic heterocycles. The van der Waals surface area contributed by atoms with Crippen molar-refractivity contribution in [2.45, 2.75) is 6.92 Å². The summed E-state index contributed by atoms with van der Waals surface area (Å²) in [5, 5.41) is 0.624. The lowest BCUT2D eigenvalue weighted by Gasteiger charge is -1.98. The fraction of sp³-hybridized carbons (Fsp3) is 0.0588. The number of benzene rings is 2. The maximum atomic E-state index is 11.9. The highest BCUT2D eigenvalue weighted by Gasteiger charge is 2.24. The van der Waals surface area contributed by atoms with Gasteiger partial charge in [-0.1, -0.05) is 35.9 Å². The number of cyclic esters (lactones) is 1. The van der Waals surface area contributed by atoms with Crippen molar-refractivity contribution < 1.29 is 9.53 Å². The zero-order chi connectivity index (χ0) is 14.8. The summed E-state index contributed by atoms with van der Waals surface area (Å²) in [6.07, 6.45) is 1.74. The zero-order valence-corrected chi connectivity index (χ0v) is 12.1. The van der Waals surface area contributed by atoms with Crippen LogP contribution in [0.25, 0.3) is 6.08 Å². The number of halogens is 1. The molecular formula is C17H12ClNO2. The van der Waals surface area contributed by atoms with Gasteiger partial charge in [0.2, 0.25) is 5.90 Å². The van der Waals surface area contributed by atoms with E-state index in [0.717, 1.165) is 16.7 Å². The molecule has 0 fully saturated rings. The fourth-order valence-electron chi connectivity index (χ4n) is 2.02. The Kier molecular flexibility index (Phi) is 3.59. The summed E-state index contributed by atoms with van der Waals surface area (Å²) in [5.74, 6) is -0.139. The van der Waals surface area contributed by atoms with E-state index < -0.39 is 5.97 Å². The third kappa shape index (κ3) is 2.88. The largest absolute Gasteiger partial charge is 0.402 e. The standard InChI is InChI=1S/C17H12ClNO2/c1-11-4-2-3-5-13(11)10-15-17(20)21-16(19-15)12-6-8-14(18)9-7-12/h2-10H,1H3. The molecule has 0 aromatic heterocycles. The molecular weight excluding hydrogens is 286 g/mol. The Hall–Kier alpha value is -2.39. The second kappa shape index (κ2) is 5.54. The average molecular weight is 298 g/mol. The predicted molar refractivity (Wildman–Crippen MR) is 83.2 cm³/mol. The summed E-state index contributed by atoms with van der Waals surface area (Å²) >= 11 is 5.84. The maximum absolute atomic E-state index is 11.9. The highest BCUT2D eigenvalue weighted by Crippen LogP contribution is 2.21. The molecule has 0 aliphatic carbocycles. The Morgan fingerprint density at radius 3 is 2.52 bits per heavy atom. The van der Waals surface area contributed by atoms with Crippen LogP contribution in [0.4, 0.5) is 0 Å². The topological polar surface area (TPSA) is 38.7 Å². The van der Waals surface area contributed by atoms with Gasteiger partial charge in [-0.15, -0.1) is 0 Å². The van der Waals surface area contributed by atoms with Crippen molar-refractivity contribution in [2.24, 2.45) is 4.99 Å². The lowest BCUT2D eigenvalue weighted by atomic mass is 10.1. The molecule has 4 heteroatoms. The van der Waals surface area contributed by atoms with Crippen LogP contribution in [0.5, 0.6) is 0 Å². The van der Waals surface area contributed by atoms with Crippen LogP contribution in [0.3, 0.4) is 0 Å². The number of carbonyl (C=O) groups is 1. The minimum Gasteiger partial charge on any atom is -0.402 e. The van der Waals surface area contributed by atoms with Gasteiger partial charge in [0.25, 0.3) is 0 Å². The van der Waals surface area contributed by atoms with Gasteiger partial charge in [0.05, 0.1) is 0 Å². The molecule has 2 aromatic rings. The number of aryl methyl sites for hydroxylation is 1. The second-order valence-electron chi connectivity index (χ2n) is 4.70. The first-order valence-electron chi connectivity index (χ1n) is 6.47. The molecule has 0 unspecified atom stereocenters. The van der Waals surface area contributed by atoms with Gasteiger partial charge in [0.1, 0.15) is 0 Å². The summed E-state index contributed by atoms with van der Waals surface area (Å²) in [6, 6.07) is 14.8. The van der Waals surface area contributed by atoms with Crippen LogP contribution in [0.2, 0.25) is 5.02 Å². The third-order valence-electron chi connectivity index (χ3n) is 3.19. The second-order valence-corrected chi connectivity index (χ2v) is 5.14. The SMILES string of the molecule is Cc1ccccc1C=C1N=C(c2ccc(Cl)cc2)OC1=O. The van der Waals surface area contributed by atoms with Gasteiger partial charge in [0, 0.05) is 10.6 Å². The molecule has 0 spiro atoms. The van der Waals surface area contributed by atoms with E-state index in [4.69, 9.17) is 16.3 Å². The lowest BCUT2D eigenvalue weighted by Crippen LogP contribution is -2.05. The number of esters is 1. The van der Waals surface area contributed by atoms with E-state index in [1.165, 1.54) is 0 Å².